The number of rotatable bonds is 3. The summed E-state index contributed by atoms with van der Waals surface area (Å²) in [4.78, 5) is 2.44. The molecule has 0 bridgehead atoms. The van der Waals surface area contributed by atoms with Crippen LogP contribution in [0.1, 0.15) is 32.3 Å². The fourth-order valence-corrected chi connectivity index (χ4v) is 4.31. The van der Waals surface area contributed by atoms with Crippen molar-refractivity contribution in [1.82, 2.24) is 4.83 Å². The van der Waals surface area contributed by atoms with Crippen LogP contribution in [0, 0.1) is 24.2 Å². The molecule has 0 radical (unpaired) electrons. The van der Waals surface area contributed by atoms with Crippen LogP contribution in [-0.2, 0) is 10.0 Å². The van der Waals surface area contributed by atoms with Crippen molar-refractivity contribution in [2.24, 2.45) is 22.4 Å². The van der Waals surface area contributed by atoms with E-state index >= 15 is 0 Å². The minimum absolute atomic E-state index is 0.178. The molecule has 2 fully saturated rings. The smallest absolute Gasteiger partial charge is 0.276 e. The second kappa shape index (κ2) is 5.06. The van der Waals surface area contributed by atoms with Gasteiger partial charge in [-0.25, -0.2) is 4.83 Å². The van der Waals surface area contributed by atoms with E-state index in [1.54, 1.807) is 24.3 Å². The van der Waals surface area contributed by atoms with E-state index in [4.69, 9.17) is 0 Å². The van der Waals surface area contributed by atoms with E-state index in [-0.39, 0.29) is 10.3 Å². The first-order chi connectivity index (χ1) is 10.2. The van der Waals surface area contributed by atoms with Crippen LogP contribution in [0.5, 0.6) is 0 Å². The molecule has 0 spiro atoms. The van der Waals surface area contributed by atoms with Crippen LogP contribution in [0.3, 0.4) is 0 Å². The highest BCUT2D eigenvalue weighted by Gasteiger charge is 2.60. The fourth-order valence-electron chi connectivity index (χ4n) is 3.48. The van der Waals surface area contributed by atoms with E-state index in [0.29, 0.717) is 30.4 Å². The number of hydrazone groups is 1. The normalized spacial score (nSPS) is 31.6. The third-order valence-corrected chi connectivity index (χ3v) is 6.44. The van der Waals surface area contributed by atoms with Crippen LogP contribution in [0.4, 0.5) is 0 Å². The van der Waals surface area contributed by atoms with Crippen molar-refractivity contribution in [3.8, 4) is 0 Å². The summed E-state index contributed by atoms with van der Waals surface area (Å²) in [5.41, 5.74) is 1.77. The van der Waals surface area contributed by atoms with Gasteiger partial charge in [-0.2, -0.15) is 13.5 Å². The number of hydrogen-bond donors (Lipinski definition) is 2. The number of benzene rings is 1. The molecule has 120 valence electrons. The summed E-state index contributed by atoms with van der Waals surface area (Å²) in [7, 11) is -3.68. The van der Waals surface area contributed by atoms with Gasteiger partial charge in [-0.3, -0.25) is 0 Å². The van der Waals surface area contributed by atoms with Crippen LogP contribution < -0.4 is 4.83 Å². The number of hydrogen-bond acceptors (Lipinski definition) is 4. The summed E-state index contributed by atoms with van der Waals surface area (Å²) in [6.45, 7) is 6.28. The van der Waals surface area contributed by atoms with E-state index < -0.39 is 16.1 Å². The number of nitrogens with zero attached hydrogens (tertiary/aromatic N) is 1. The summed E-state index contributed by atoms with van der Waals surface area (Å²) in [6.07, 6.45) is 0.682. The second-order valence-corrected chi connectivity index (χ2v) is 8.66. The van der Waals surface area contributed by atoms with Crippen molar-refractivity contribution in [3.05, 3.63) is 29.8 Å². The zero-order valence-electron chi connectivity index (χ0n) is 13.1. The van der Waals surface area contributed by atoms with Gasteiger partial charge in [-0.05, 0) is 49.1 Å². The molecule has 22 heavy (non-hydrogen) atoms. The van der Waals surface area contributed by atoms with Gasteiger partial charge >= 0.3 is 0 Å². The average molecular weight is 322 g/mol. The first-order valence-corrected chi connectivity index (χ1v) is 9.03. The molecule has 6 heteroatoms. The SMILES string of the molecule is Cc1ccc(S(=O)(=O)N/N=C2\C[C@@H]3[C@H](C[C@H]2O)C3(C)C)cc1. The molecular weight excluding hydrogens is 300 g/mol. The van der Waals surface area contributed by atoms with Crippen molar-refractivity contribution < 1.29 is 13.5 Å². The summed E-state index contributed by atoms with van der Waals surface area (Å²) >= 11 is 0. The topological polar surface area (TPSA) is 78.8 Å². The molecule has 5 nitrogen and oxygen atoms in total. The Labute approximate surface area is 131 Å². The number of aryl methyl sites for hydroxylation is 1. The fraction of sp³-hybridized carbons (Fsp3) is 0.562. The van der Waals surface area contributed by atoms with Gasteiger partial charge in [-0.1, -0.05) is 31.5 Å². The number of fused-ring (bicyclic) bond motifs is 1. The van der Waals surface area contributed by atoms with E-state index in [9.17, 15) is 13.5 Å². The van der Waals surface area contributed by atoms with Gasteiger partial charge < -0.3 is 5.11 Å². The van der Waals surface area contributed by atoms with Crippen LogP contribution in [0.2, 0.25) is 0 Å². The molecule has 0 aliphatic heterocycles. The monoisotopic (exact) mass is 322 g/mol. The third-order valence-electron chi connectivity index (χ3n) is 5.22. The molecule has 1 aromatic rings. The Bertz CT molecular complexity index is 707. The predicted octanol–water partition coefficient (Wildman–Crippen LogP) is 2.06. The highest BCUT2D eigenvalue weighted by Crippen LogP contribution is 2.64. The molecule has 0 unspecified atom stereocenters. The molecule has 0 saturated heterocycles. The van der Waals surface area contributed by atoms with Gasteiger partial charge in [0.2, 0.25) is 0 Å². The molecule has 0 heterocycles. The number of nitrogens with one attached hydrogen (secondary N) is 1. The molecule has 2 saturated carbocycles. The average Bonchev–Trinajstić information content (AvgIpc) is 2.97. The molecule has 2 aliphatic carbocycles. The lowest BCUT2D eigenvalue weighted by molar-refractivity contribution is 0.206. The molecule has 3 rings (SSSR count). The summed E-state index contributed by atoms with van der Waals surface area (Å²) < 4.78 is 24.4. The largest absolute Gasteiger partial charge is 0.387 e. The van der Waals surface area contributed by atoms with E-state index in [2.05, 4.69) is 23.8 Å². The summed E-state index contributed by atoms with van der Waals surface area (Å²) in [5.74, 6) is 1.02. The van der Waals surface area contributed by atoms with Gasteiger partial charge in [0.1, 0.15) is 0 Å². The Morgan fingerprint density at radius 3 is 2.50 bits per heavy atom. The first kappa shape index (κ1) is 15.5. The van der Waals surface area contributed by atoms with Crippen LogP contribution >= 0.6 is 0 Å². The molecule has 3 atom stereocenters. The first-order valence-electron chi connectivity index (χ1n) is 7.55. The van der Waals surface area contributed by atoms with Gasteiger partial charge in [0.15, 0.2) is 0 Å². The van der Waals surface area contributed by atoms with Gasteiger partial charge in [-0.15, -0.1) is 0 Å². The maximum absolute atomic E-state index is 12.2. The lowest BCUT2D eigenvalue weighted by Gasteiger charge is -2.18. The Morgan fingerprint density at radius 1 is 1.23 bits per heavy atom. The third kappa shape index (κ3) is 2.65. The Morgan fingerprint density at radius 2 is 1.86 bits per heavy atom. The van der Waals surface area contributed by atoms with E-state index in [1.165, 1.54) is 0 Å². The molecule has 0 amide bonds. The quantitative estimate of drug-likeness (QED) is 0.836. The highest BCUT2D eigenvalue weighted by atomic mass is 32.2. The Kier molecular flexibility index (Phi) is 3.57. The number of aliphatic hydroxyl groups is 1. The predicted molar refractivity (Wildman–Crippen MR) is 84.9 cm³/mol. The Hall–Kier alpha value is -1.40. The minimum atomic E-state index is -3.68. The number of aliphatic hydroxyl groups excluding tert-OH is 1. The second-order valence-electron chi connectivity index (χ2n) is 7.00. The Balaban J connectivity index is 1.74. The van der Waals surface area contributed by atoms with E-state index in [0.717, 1.165) is 5.56 Å². The minimum Gasteiger partial charge on any atom is -0.387 e. The zero-order valence-corrected chi connectivity index (χ0v) is 13.9. The number of sulfonamides is 1. The van der Waals surface area contributed by atoms with Crippen molar-refractivity contribution >= 4 is 15.7 Å². The van der Waals surface area contributed by atoms with Crippen LogP contribution in [0.15, 0.2) is 34.3 Å². The van der Waals surface area contributed by atoms with Gasteiger partial charge in [0, 0.05) is 0 Å². The van der Waals surface area contributed by atoms with Crippen molar-refractivity contribution in [2.75, 3.05) is 0 Å². The molecule has 2 N–H and O–H groups in total. The summed E-state index contributed by atoms with van der Waals surface area (Å²) in [5, 5.41) is 14.1. The maximum atomic E-state index is 12.2. The molecule has 0 aromatic heterocycles. The highest BCUT2D eigenvalue weighted by molar-refractivity contribution is 7.89. The zero-order chi connectivity index (χ0) is 16.1. The standard InChI is InChI=1S/C16H22N2O3S/c1-10-4-6-11(7-5-10)22(20,21)18-17-14-8-12-13(9-15(14)19)16(12,2)3/h4-7,12-13,15,18-19H,8-9H2,1-3H3/b17-14+/t12-,13+,15-/m1/s1. The molecule has 2 aliphatic rings. The molecular formula is C16H22N2O3S. The van der Waals surface area contributed by atoms with Gasteiger partial charge in [0.05, 0.1) is 16.7 Å². The van der Waals surface area contributed by atoms with Crippen molar-refractivity contribution in [3.63, 3.8) is 0 Å². The van der Waals surface area contributed by atoms with Crippen molar-refractivity contribution in [1.29, 1.82) is 0 Å². The molecule has 1 aromatic carbocycles. The van der Waals surface area contributed by atoms with Crippen LogP contribution in [-0.4, -0.2) is 25.3 Å². The lowest BCUT2D eigenvalue weighted by atomic mass is 9.96. The summed E-state index contributed by atoms with van der Waals surface area (Å²) in [6, 6.07) is 6.59. The van der Waals surface area contributed by atoms with E-state index in [1.807, 2.05) is 6.92 Å². The lowest BCUT2D eigenvalue weighted by Crippen LogP contribution is -2.30. The van der Waals surface area contributed by atoms with Crippen molar-refractivity contribution in [2.45, 2.75) is 44.6 Å². The van der Waals surface area contributed by atoms with Gasteiger partial charge in [0.25, 0.3) is 10.0 Å². The van der Waals surface area contributed by atoms with Crippen LogP contribution in [0.25, 0.3) is 0 Å². The maximum Gasteiger partial charge on any atom is 0.276 e.